The molecule has 1 heterocycles. The molecule has 0 saturated heterocycles. The molecule has 0 radical (unpaired) electrons. The van der Waals surface area contributed by atoms with Gasteiger partial charge in [-0.15, -0.1) is 0 Å². The molecule has 2 rings (SSSR count). The molecule has 20 heavy (non-hydrogen) atoms. The van der Waals surface area contributed by atoms with Gasteiger partial charge in [-0.1, -0.05) is 23.2 Å². The van der Waals surface area contributed by atoms with E-state index < -0.39 is 5.82 Å². The molecule has 3 nitrogen and oxygen atoms in total. The number of halogens is 3. The number of rotatable bonds is 3. The number of H-pyrrole nitrogens is 1. The topological polar surface area (TPSA) is 40.7 Å². The molecule has 0 unspecified atom stereocenters. The van der Waals surface area contributed by atoms with Gasteiger partial charge in [-0.2, -0.15) is 5.10 Å². The van der Waals surface area contributed by atoms with Crippen molar-refractivity contribution in [2.45, 2.75) is 32.9 Å². The lowest BCUT2D eigenvalue weighted by Crippen LogP contribution is -2.35. The zero-order valence-electron chi connectivity index (χ0n) is 11.5. The summed E-state index contributed by atoms with van der Waals surface area (Å²) in [7, 11) is 0. The average Bonchev–Trinajstić information content (AvgIpc) is 2.79. The molecule has 0 spiro atoms. The molecular weight excluding hydrogens is 300 g/mol. The van der Waals surface area contributed by atoms with Gasteiger partial charge in [0.2, 0.25) is 0 Å². The third kappa shape index (κ3) is 3.72. The molecule has 0 saturated carbocycles. The SMILES string of the molecule is CC(C)(C)NCc1cc(-c2cc(F)c(Cl)cc2Cl)n[nH]1. The largest absolute Gasteiger partial charge is 0.306 e. The lowest BCUT2D eigenvalue weighted by molar-refractivity contribution is 0.421. The van der Waals surface area contributed by atoms with Gasteiger partial charge >= 0.3 is 0 Å². The van der Waals surface area contributed by atoms with Crippen LogP contribution in [0.3, 0.4) is 0 Å². The van der Waals surface area contributed by atoms with E-state index in [1.54, 1.807) is 0 Å². The highest BCUT2D eigenvalue weighted by atomic mass is 35.5. The summed E-state index contributed by atoms with van der Waals surface area (Å²) in [6.45, 7) is 6.88. The molecule has 2 aromatic rings. The van der Waals surface area contributed by atoms with Gasteiger partial charge in [0.1, 0.15) is 5.82 Å². The standard InChI is InChI=1S/C14H16Cl2FN3/c1-14(2,3)18-7-8-4-13(20-19-8)9-5-12(17)11(16)6-10(9)15/h4-6,18H,7H2,1-3H3,(H,19,20). The summed E-state index contributed by atoms with van der Waals surface area (Å²) >= 11 is 11.8. The van der Waals surface area contributed by atoms with Crippen LogP contribution in [0.15, 0.2) is 18.2 Å². The predicted molar refractivity (Wildman–Crippen MR) is 80.6 cm³/mol. The van der Waals surface area contributed by atoms with E-state index in [-0.39, 0.29) is 10.6 Å². The Hall–Kier alpha value is -1.10. The van der Waals surface area contributed by atoms with Crippen LogP contribution in [-0.4, -0.2) is 15.7 Å². The van der Waals surface area contributed by atoms with Crippen LogP contribution in [0.2, 0.25) is 10.0 Å². The summed E-state index contributed by atoms with van der Waals surface area (Å²) in [4.78, 5) is 0. The highest BCUT2D eigenvalue weighted by molar-refractivity contribution is 6.36. The molecule has 2 N–H and O–H groups in total. The summed E-state index contributed by atoms with van der Waals surface area (Å²) in [6, 6.07) is 4.52. The van der Waals surface area contributed by atoms with Crippen LogP contribution in [0.1, 0.15) is 26.5 Å². The normalized spacial score (nSPS) is 11.9. The molecule has 1 aromatic heterocycles. The van der Waals surface area contributed by atoms with E-state index in [9.17, 15) is 4.39 Å². The molecule has 0 atom stereocenters. The van der Waals surface area contributed by atoms with Crippen molar-refractivity contribution in [1.82, 2.24) is 15.5 Å². The summed E-state index contributed by atoms with van der Waals surface area (Å²) in [6.07, 6.45) is 0. The predicted octanol–water partition coefficient (Wildman–Crippen LogP) is 4.41. The molecular formula is C14H16Cl2FN3. The Kier molecular flexibility index (Phi) is 4.37. The van der Waals surface area contributed by atoms with Crippen molar-refractivity contribution >= 4 is 23.2 Å². The number of hydrogen-bond acceptors (Lipinski definition) is 2. The second-order valence-corrected chi connectivity index (χ2v) is 6.44. The second-order valence-electron chi connectivity index (χ2n) is 5.63. The van der Waals surface area contributed by atoms with Crippen LogP contribution in [-0.2, 0) is 6.54 Å². The molecule has 0 fully saturated rings. The smallest absolute Gasteiger partial charge is 0.142 e. The molecule has 108 valence electrons. The molecule has 0 aliphatic carbocycles. The van der Waals surface area contributed by atoms with Crippen LogP contribution in [0.5, 0.6) is 0 Å². The minimum absolute atomic E-state index is 0.00362. The fourth-order valence-corrected chi connectivity index (χ4v) is 2.15. The first kappa shape index (κ1) is 15.3. The van der Waals surface area contributed by atoms with E-state index in [1.165, 1.54) is 12.1 Å². The maximum atomic E-state index is 13.5. The van der Waals surface area contributed by atoms with Crippen LogP contribution < -0.4 is 5.32 Å². The lowest BCUT2D eigenvalue weighted by atomic mass is 10.1. The number of nitrogens with zero attached hydrogens (tertiary/aromatic N) is 1. The monoisotopic (exact) mass is 315 g/mol. The fraction of sp³-hybridized carbons (Fsp3) is 0.357. The minimum atomic E-state index is -0.511. The van der Waals surface area contributed by atoms with Crippen molar-refractivity contribution in [3.05, 3.63) is 39.8 Å². The Morgan fingerprint density at radius 1 is 1.20 bits per heavy atom. The molecule has 0 aliphatic heterocycles. The molecule has 1 aromatic carbocycles. The average molecular weight is 316 g/mol. The van der Waals surface area contributed by atoms with Gasteiger partial charge in [-0.05, 0) is 39.0 Å². The summed E-state index contributed by atoms with van der Waals surface area (Å²) in [5.41, 5.74) is 2.03. The first-order valence-corrected chi connectivity index (χ1v) is 6.96. The van der Waals surface area contributed by atoms with E-state index >= 15 is 0 Å². The van der Waals surface area contributed by atoms with Gasteiger partial charge in [-0.3, -0.25) is 5.10 Å². The van der Waals surface area contributed by atoms with Gasteiger partial charge in [-0.25, -0.2) is 4.39 Å². The highest BCUT2D eigenvalue weighted by Crippen LogP contribution is 2.31. The van der Waals surface area contributed by atoms with Gasteiger partial charge in [0.15, 0.2) is 0 Å². The van der Waals surface area contributed by atoms with Gasteiger partial charge in [0.25, 0.3) is 0 Å². The van der Waals surface area contributed by atoms with Crippen molar-refractivity contribution in [3.63, 3.8) is 0 Å². The lowest BCUT2D eigenvalue weighted by Gasteiger charge is -2.19. The van der Waals surface area contributed by atoms with Crippen LogP contribution in [0.4, 0.5) is 4.39 Å². The molecule has 0 bridgehead atoms. The molecule has 0 amide bonds. The van der Waals surface area contributed by atoms with Crippen LogP contribution >= 0.6 is 23.2 Å². The van der Waals surface area contributed by atoms with Gasteiger partial charge in [0.05, 0.1) is 15.7 Å². The first-order valence-electron chi connectivity index (χ1n) is 6.20. The first-order chi connectivity index (χ1) is 9.26. The number of benzene rings is 1. The summed E-state index contributed by atoms with van der Waals surface area (Å²) in [5.74, 6) is -0.511. The van der Waals surface area contributed by atoms with E-state index in [1.807, 2.05) is 6.07 Å². The number of nitrogens with one attached hydrogen (secondary N) is 2. The Morgan fingerprint density at radius 3 is 2.55 bits per heavy atom. The maximum absolute atomic E-state index is 13.5. The maximum Gasteiger partial charge on any atom is 0.142 e. The van der Waals surface area contributed by atoms with Crippen molar-refractivity contribution in [1.29, 1.82) is 0 Å². The van der Waals surface area contributed by atoms with Crippen LogP contribution in [0.25, 0.3) is 11.3 Å². The van der Waals surface area contributed by atoms with Crippen molar-refractivity contribution in [3.8, 4) is 11.3 Å². The van der Waals surface area contributed by atoms with E-state index in [0.717, 1.165) is 5.69 Å². The number of hydrogen-bond donors (Lipinski definition) is 2. The number of aromatic amines is 1. The third-order valence-corrected chi connectivity index (χ3v) is 3.33. The Bertz CT molecular complexity index is 617. The fourth-order valence-electron chi connectivity index (χ4n) is 1.67. The van der Waals surface area contributed by atoms with E-state index in [0.29, 0.717) is 22.8 Å². The third-order valence-electron chi connectivity index (χ3n) is 2.73. The summed E-state index contributed by atoms with van der Waals surface area (Å²) in [5, 5.41) is 10.8. The highest BCUT2D eigenvalue weighted by Gasteiger charge is 2.13. The zero-order chi connectivity index (χ0) is 14.9. The number of aromatic nitrogens is 2. The second kappa shape index (κ2) is 5.72. The van der Waals surface area contributed by atoms with E-state index in [4.69, 9.17) is 23.2 Å². The van der Waals surface area contributed by atoms with Crippen molar-refractivity contribution < 1.29 is 4.39 Å². The molecule has 0 aliphatic rings. The van der Waals surface area contributed by atoms with Gasteiger partial charge in [0, 0.05) is 23.3 Å². The van der Waals surface area contributed by atoms with Crippen LogP contribution in [0, 0.1) is 5.82 Å². The van der Waals surface area contributed by atoms with Crippen molar-refractivity contribution in [2.75, 3.05) is 0 Å². The Balaban J connectivity index is 2.23. The minimum Gasteiger partial charge on any atom is -0.306 e. The Labute approximate surface area is 127 Å². The Morgan fingerprint density at radius 2 is 1.90 bits per heavy atom. The van der Waals surface area contributed by atoms with Gasteiger partial charge < -0.3 is 5.32 Å². The summed E-state index contributed by atoms with van der Waals surface area (Å²) < 4.78 is 13.5. The molecule has 6 heteroatoms. The zero-order valence-corrected chi connectivity index (χ0v) is 13.0. The van der Waals surface area contributed by atoms with E-state index in [2.05, 4.69) is 36.3 Å². The van der Waals surface area contributed by atoms with Crippen molar-refractivity contribution in [2.24, 2.45) is 0 Å². The quantitative estimate of drug-likeness (QED) is 0.824.